The number of hydrogen-bond donors (Lipinski definition) is 1. The van der Waals surface area contributed by atoms with Crippen LogP contribution in [0.4, 0.5) is 0 Å². The number of nitrogens with one attached hydrogen (secondary N) is 1. The second kappa shape index (κ2) is 10.3. The molecule has 5 nitrogen and oxygen atoms in total. The van der Waals surface area contributed by atoms with Crippen molar-refractivity contribution in [3.05, 3.63) is 29.8 Å². The summed E-state index contributed by atoms with van der Waals surface area (Å²) in [4.78, 5) is 14.2. The van der Waals surface area contributed by atoms with Gasteiger partial charge in [-0.2, -0.15) is 0 Å². The summed E-state index contributed by atoms with van der Waals surface area (Å²) in [5.41, 5.74) is 1.24. The van der Waals surface area contributed by atoms with Crippen molar-refractivity contribution in [3.8, 4) is 5.75 Å². The summed E-state index contributed by atoms with van der Waals surface area (Å²) in [5, 5.41) is 3.28. The summed E-state index contributed by atoms with van der Waals surface area (Å²) in [6, 6.07) is 8.64. The minimum absolute atomic E-state index is 0.253. The Labute approximate surface area is 145 Å². The highest BCUT2D eigenvalue weighted by molar-refractivity contribution is 5.76. The number of rotatable bonds is 9. The topological polar surface area (TPSA) is 50.8 Å². The van der Waals surface area contributed by atoms with E-state index in [0.29, 0.717) is 19.1 Å². The van der Waals surface area contributed by atoms with Crippen molar-refractivity contribution in [1.29, 1.82) is 0 Å². The molecule has 1 saturated heterocycles. The van der Waals surface area contributed by atoms with Crippen LogP contribution in [-0.2, 0) is 16.0 Å². The van der Waals surface area contributed by atoms with Gasteiger partial charge in [-0.05, 0) is 50.4 Å². The molecule has 1 aromatic carbocycles. The minimum Gasteiger partial charge on any atom is -0.494 e. The summed E-state index contributed by atoms with van der Waals surface area (Å²) in [6.07, 6.45) is 4.34. The SMILES string of the molecule is CNC1CCN(C(=O)CCCOc2ccc(CCOC)cc2)CC1. The average Bonchev–Trinajstić information content (AvgIpc) is 2.64. The van der Waals surface area contributed by atoms with Crippen LogP contribution in [0.5, 0.6) is 5.75 Å². The lowest BCUT2D eigenvalue weighted by molar-refractivity contribution is -0.132. The summed E-state index contributed by atoms with van der Waals surface area (Å²) in [6.45, 7) is 3.05. The van der Waals surface area contributed by atoms with Crippen LogP contribution in [0.1, 0.15) is 31.2 Å². The number of amides is 1. The van der Waals surface area contributed by atoms with Gasteiger partial charge in [-0.3, -0.25) is 4.79 Å². The summed E-state index contributed by atoms with van der Waals surface area (Å²) < 4.78 is 10.8. The highest BCUT2D eigenvalue weighted by Crippen LogP contribution is 2.14. The first-order valence-corrected chi connectivity index (χ1v) is 8.88. The van der Waals surface area contributed by atoms with Crippen molar-refractivity contribution >= 4 is 5.91 Å². The van der Waals surface area contributed by atoms with Crippen LogP contribution in [-0.4, -0.2) is 57.3 Å². The summed E-state index contributed by atoms with van der Waals surface area (Å²) in [7, 11) is 3.70. The number of carbonyl (C=O) groups excluding carboxylic acids is 1. The second-order valence-corrected chi connectivity index (χ2v) is 6.28. The van der Waals surface area contributed by atoms with E-state index in [1.165, 1.54) is 5.56 Å². The number of nitrogens with zero attached hydrogens (tertiary/aromatic N) is 1. The standard InChI is InChI=1S/C19H30N2O3/c1-20-17-9-12-21(13-10-17)19(22)4-3-14-24-18-7-5-16(6-8-18)11-15-23-2/h5-8,17,20H,3-4,9-15H2,1-2H3. The van der Waals surface area contributed by atoms with Crippen molar-refractivity contribution in [2.75, 3.05) is 40.5 Å². The van der Waals surface area contributed by atoms with Crippen molar-refractivity contribution in [2.24, 2.45) is 0 Å². The fraction of sp³-hybridized carbons (Fsp3) is 0.632. The third kappa shape index (κ3) is 6.13. The molecule has 1 N–H and O–H groups in total. The molecule has 1 aromatic rings. The van der Waals surface area contributed by atoms with Gasteiger partial charge < -0.3 is 19.7 Å². The van der Waals surface area contributed by atoms with Crippen molar-refractivity contribution in [2.45, 2.75) is 38.1 Å². The van der Waals surface area contributed by atoms with E-state index in [-0.39, 0.29) is 5.91 Å². The molecular formula is C19H30N2O3. The van der Waals surface area contributed by atoms with Gasteiger partial charge >= 0.3 is 0 Å². The first-order valence-electron chi connectivity index (χ1n) is 8.88. The number of benzene rings is 1. The van der Waals surface area contributed by atoms with E-state index in [4.69, 9.17) is 9.47 Å². The Kier molecular flexibility index (Phi) is 8.05. The number of ether oxygens (including phenoxy) is 2. The van der Waals surface area contributed by atoms with Crippen LogP contribution in [0.2, 0.25) is 0 Å². The van der Waals surface area contributed by atoms with Gasteiger partial charge in [-0.25, -0.2) is 0 Å². The summed E-state index contributed by atoms with van der Waals surface area (Å²) >= 11 is 0. The number of carbonyl (C=O) groups is 1. The predicted octanol–water partition coefficient (Wildman–Crippen LogP) is 2.24. The van der Waals surface area contributed by atoms with Gasteiger partial charge in [-0.15, -0.1) is 0 Å². The fourth-order valence-electron chi connectivity index (χ4n) is 2.96. The lowest BCUT2D eigenvalue weighted by atomic mass is 10.0. The molecule has 0 radical (unpaired) electrons. The normalized spacial score (nSPS) is 15.5. The smallest absolute Gasteiger partial charge is 0.222 e. The molecule has 0 aromatic heterocycles. The third-order valence-corrected chi connectivity index (χ3v) is 4.58. The fourth-order valence-corrected chi connectivity index (χ4v) is 2.96. The molecule has 1 heterocycles. The first-order chi connectivity index (χ1) is 11.7. The Morgan fingerprint density at radius 2 is 1.92 bits per heavy atom. The maximum Gasteiger partial charge on any atom is 0.222 e. The van der Waals surface area contributed by atoms with E-state index < -0.39 is 0 Å². The maximum atomic E-state index is 12.2. The van der Waals surface area contributed by atoms with Gasteiger partial charge in [0.1, 0.15) is 5.75 Å². The van der Waals surface area contributed by atoms with E-state index in [1.54, 1.807) is 7.11 Å². The molecule has 0 spiro atoms. The van der Waals surface area contributed by atoms with Gasteiger partial charge in [0.25, 0.3) is 0 Å². The number of hydrogen-bond acceptors (Lipinski definition) is 4. The molecule has 1 aliphatic rings. The molecule has 134 valence electrons. The van der Waals surface area contributed by atoms with Crippen LogP contribution >= 0.6 is 0 Å². The maximum absolute atomic E-state index is 12.2. The number of methoxy groups -OCH3 is 1. The van der Waals surface area contributed by atoms with Crippen molar-refractivity contribution < 1.29 is 14.3 Å². The molecule has 2 rings (SSSR count). The number of likely N-dealkylation sites (tertiary alicyclic amines) is 1. The van der Waals surface area contributed by atoms with E-state index >= 15 is 0 Å². The van der Waals surface area contributed by atoms with Gasteiger partial charge in [-0.1, -0.05) is 12.1 Å². The highest BCUT2D eigenvalue weighted by atomic mass is 16.5. The zero-order valence-corrected chi connectivity index (χ0v) is 14.9. The Hall–Kier alpha value is -1.59. The highest BCUT2D eigenvalue weighted by Gasteiger charge is 2.21. The third-order valence-electron chi connectivity index (χ3n) is 4.58. The Balaban J connectivity index is 1.61. The van der Waals surface area contributed by atoms with Crippen LogP contribution in [0.3, 0.4) is 0 Å². The lowest BCUT2D eigenvalue weighted by Gasteiger charge is -2.31. The largest absolute Gasteiger partial charge is 0.494 e. The van der Waals surface area contributed by atoms with E-state index in [2.05, 4.69) is 17.4 Å². The molecule has 5 heteroatoms. The molecule has 1 fully saturated rings. The minimum atomic E-state index is 0.253. The zero-order valence-electron chi connectivity index (χ0n) is 14.9. The predicted molar refractivity (Wildman–Crippen MR) is 95.4 cm³/mol. The molecular weight excluding hydrogens is 304 g/mol. The average molecular weight is 334 g/mol. The van der Waals surface area contributed by atoms with Crippen LogP contribution < -0.4 is 10.1 Å². The lowest BCUT2D eigenvalue weighted by Crippen LogP contribution is -2.43. The monoisotopic (exact) mass is 334 g/mol. The van der Waals surface area contributed by atoms with Crippen LogP contribution in [0.25, 0.3) is 0 Å². The molecule has 0 saturated carbocycles. The second-order valence-electron chi connectivity index (χ2n) is 6.28. The zero-order chi connectivity index (χ0) is 17.2. The quantitative estimate of drug-likeness (QED) is 0.704. The van der Waals surface area contributed by atoms with E-state index in [9.17, 15) is 4.79 Å². The van der Waals surface area contributed by atoms with Crippen molar-refractivity contribution in [3.63, 3.8) is 0 Å². The Morgan fingerprint density at radius 1 is 1.21 bits per heavy atom. The molecule has 1 amide bonds. The molecule has 1 aliphatic heterocycles. The van der Waals surface area contributed by atoms with Gasteiger partial charge in [0.15, 0.2) is 0 Å². The molecule has 0 bridgehead atoms. The Bertz CT molecular complexity index is 482. The summed E-state index contributed by atoms with van der Waals surface area (Å²) in [5.74, 6) is 1.11. The Morgan fingerprint density at radius 3 is 2.54 bits per heavy atom. The molecule has 0 unspecified atom stereocenters. The van der Waals surface area contributed by atoms with E-state index in [0.717, 1.165) is 51.1 Å². The van der Waals surface area contributed by atoms with Crippen LogP contribution in [0.15, 0.2) is 24.3 Å². The molecule has 0 aliphatic carbocycles. The molecule has 0 atom stereocenters. The molecule has 24 heavy (non-hydrogen) atoms. The van der Waals surface area contributed by atoms with Gasteiger partial charge in [0.2, 0.25) is 5.91 Å². The van der Waals surface area contributed by atoms with Gasteiger partial charge in [0.05, 0.1) is 13.2 Å². The number of piperidine rings is 1. The van der Waals surface area contributed by atoms with E-state index in [1.807, 2.05) is 24.1 Å². The van der Waals surface area contributed by atoms with Crippen LogP contribution in [0, 0.1) is 0 Å². The van der Waals surface area contributed by atoms with Gasteiger partial charge in [0, 0.05) is 32.7 Å². The van der Waals surface area contributed by atoms with Crippen molar-refractivity contribution in [1.82, 2.24) is 10.2 Å². The first kappa shape index (κ1) is 18.7.